The first-order chi connectivity index (χ1) is 14.4. The number of benzene rings is 2. The van der Waals surface area contributed by atoms with E-state index in [1.54, 1.807) is 54.6 Å². The molecule has 0 bridgehead atoms. The van der Waals surface area contributed by atoms with Crippen LogP contribution in [0.3, 0.4) is 0 Å². The Hall–Kier alpha value is -3.53. The zero-order chi connectivity index (χ0) is 21.7. The number of nitrogens with one attached hydrogen (secondary N) is 2. The number of carbonyl (C=O) groups is 2. The van der Waals surface area contributed by atoms with Crippen LogP contribution in [0.1, 0.15) is 12.7 Å². The van der Waals surface area contributed by atoms with E-state index in [9.17, 15) is 14.9 Å². The Bertz CT molecular complexity index is 1180. The highest BCUT2D eigenvalue weighted by molar-refractivity contribution is 6.35. The van der Waals surface area contributed by atoms with E-state index < -0.39 is 5.91 Å². The standard InChI is InChI=1S/C22H15Cl2N3O3/c1-13(28)26-16-3-5-17(6-4-16)27-22(29)14(12-25)10-18-7-9-21(30-18)19-11-15(23)2-8-20(19)24/h2-11H,1H3,(H,26,28)(H,27,29)/b14-10+. The molecule has 1 aromatic heterocycles. The van der Waals surface area contributed by atoms with Crippen LogP contribution in [0.4, 0.5) is 11.4 Å². The van der Waals surface area contributed by atoms with Gasteiger partial charge in [-0.3, -0.25) is 9.59 Å². The molecule has 30 heavy (non-hydrogen) atoms. The maximum atomic E-state index is 12.4. The van der Waals surface area contributed by atoms with E-state index >= 15 is 0 Å². The number of carbonyl (C=O) groups excluding carboxylic acids is 2. The van der Waals surface area contributed by atoms with Crippen molar-refractivity contribution in [3.8, 4) is 17.4 Å². The maximum Gasteiger partial charge on any atom is 0.266 e. The van der Waals surface area contributed by atoms with Crippen LogP contribution >= 0.6 is 23.2 Å². The van der Waals surface area contributed by atoms with Crippen LogP contribution in [0.5, 0.6) is 0 Å². The minimum atomic E-state index is -0.594. The lowest BCUT2D eigenvalue weighted by Gasteiger charge is -2.06. The van der Waals surface area contributed by atoms with E-state index in [0.29, 0.717) is 38.5 Å². The SMILES string of the molecule is CC(=O)Nc1ccc(NC(=O)/C(C#N)=C/c2ccc(-c3cc(Cl)ccc3Cl)o2)cc1. The topological polar surface area (TPSA) is 95.1 Å². The second kappa shape index (κ2) is 9.31. The average molecular weight is 440 g/mol. The van der Waals surface area contributed by atoms with Crippen LogP contribution in [-0.2, 0) is 9.59 Å². The van der Waals surface area contributed by atoms with E-state index in [-0.39, 0.29) is 11.5 Å². The van der Waals surface area contributed by atoms with Gasteiger partial charge in [0.05, 0.1) is 5.02 Å². The molecule has 150 valence electrons. The molecule has 1 heterocycles. The molecule has 0 fully saturated rings. The highest BCUT2D eigenvalue weighted by Crippen LogP contribution is 2.32. The number of furan rings is 1. The third-order valence-corrected chi connectivity index (χ3v) is 4.50. The molecule has 0 saturated heterocycles. The third-order valence-electron chi connectivity index (χ3n) is 3.94. The fraction of sp³-hybridized carbons (Fsp3) is 0.0455. The smallest absolute Gasteiger partial charge is 0.266 e. The zero-order valence-corrected chi connectivity index (χ0v) is 17.2. The molecule has 2 amide bonds. The molecule has 0 spiro atoms. The summed E-state index contributed by atoms with van der Waals surface area (Å²) < 4.78 is 5.70. The summed E-state index contributed by atoms with van der Waals surface area (Å²) in [5.74, 6) is -0.0179. The van der Waals surface area contributed by atoms with E-state index in [2.05, 4.69) is 10.6 Å². The predicted molar refractivity (Wildman–Crippen MR) is 117 cm³/mol. The first-order valence-electron chi connectivity index (χ1n) is 8.72. The molecule has 0 saturated carbocycles. The summed E-state index contributed by atoms with van der Waals surface area (Å²) in [5.41, 5.74) is 1.53. The molecule has 2 N–H and O–H groups in total. The molecule has 0 aliphatic heterocycles. The lowest BCUT2D eigenvalue weighted by Crippen LogP contribution is -2.13. The summed E-state index contributed by atoms with van der Waals surface area (Å²) in [6.07, 6.45) is 1.34. The van der Waals surface area contributed by atoms with E-state index in [0.717, 1.165) is 0 Å². The van der Waals surface area contributed by atoms with Gasteiger partial charge in [0, 0.05) is 35.0 Å². The lowest BCUT2D eigenvalue weighted by atomic mass is 10.2. The summed E-state index contributed by atoms with van der Waals surface area (Å²) in [6.45, 7) is 1.40. The molecule has 8 heteroatoms. The number of anilines is 2. The molecular formula is C22H15Cl2N3O3. The molecule has 6 nitrogen and oxygen atoms in total. The average Bonchev–Trinajstić information content (AvgIpc) is 3.17. The van der Waals surface area contributed by atoms with Crippen LogP contribution in [0.25, 0.3) is 17.4 Å². The van der Waals surface area contributed by atoms with Crippen LogP contribution in [0.15, 0.2) is 64.6 Å². The van der Waals surface area contributed by atoms with Crippen molar-refractivity contribution < 1.29 is 14.0 Å². The van der Waals surface area contributed by atoms with Crippen molar-refractivity contribution in [3.05, 3.63) is 76.0 Å². The zero-order valence-electron chi connectivity index (χ0n) is 15.7. The van der Waals surface area contributed by atoms with E-state index in [1.165, 1.54) is 13.0 Å². The second-order valence-corrected chi connectivity index (χ2v) is 7.05. The molecule has 0 radical (unpaired) electrons. The third kappa shape index (κ3) is 5.29. The molecule has 3 aromatic rings. The monoisotopic (exact) mass is 439 g/mol. The van der Waals surface area contributed by atoms with Gasteiger partial charge in [-0.1, -0.05) is 23.2 Å². The van der Waals surface area contributed by atoms with Gasteiger partial charge < -0.3 is 15.1 Å². The summed E-state index contributed by atoms with van der Waals surface area (Å²) in [4.78, 5) is 23.5. The van der Waals surface area contributed by atoms with Crippen molar-refractivity contribution in [1.82, 2.24) is 0 Å². The summed E-state index contributed by atoms with van der Waals surface area (Å²) >= 11 is 12.2. The van der Waals surface area contributed by atoms with Crippen LogP contribution in [0, 0.1) is 11.3 Å². The van der Waals surface area contributed by atoms with Gasteiger partial charge in [-0.2, -0.15) is 5.26 Å². The van der Waals surface area contributed by atoms with Gasteiger partial charge in [-0.25, -0.2) is 0 Å². The quantitative estimate of drug-likeness (QED) is 0.390. The van der Waals surface area contributed by atoms with Gasteiger partial charge in [-0.15, -0.1) is 0 Å². The Balaban J connectivity index is 1.76. The van der Waals surface area contributed by atoms with Crippen LogP contribution in [0.2, 0.25) is 10.0 Å². The second-order valence-electron chi connectivity index (χ2n) is 6.21. The maximum absolute atomic E-state index is 12.4. The number of hydrogen-bond acceptors (Lipinski definition) is 4. The first-order valence-corrected chi connectivity index (χ1v) is 9.47. The Morgan fingerprint density at radius 3 is 2.30 bits per heavy atom. The van der Waals surface area contributed by atoms with Gasteiger partial charge in [0.25, 0.3) is 5.91 Å². The molecule has 0 aliphatic carbocycles. The van der Waals surface area contributed by atoms with Gasteiger partial charge >= 0.3 is 0 Å². The fourth-order valence-electron chi connectivity index (χ4n) is 2.59. The number of rotatable bonds is 5. The Kier molecular flexibility index (Phi) is 6.58. The number of hydrogen-bond donors (Lipinski definition) is 2. The fourth-order valence-corrected chi connectivity index (χ4v) is 2.97. The molecule has 0 aliphatic rings. The van der Waals surface area contributed by atoms with Gasteiger partial charge in [0.1, 0.15) is 23.2 Å². The molecule has 3 rings (SSSR count). The molecule has 0 atom stereocenters. The van der Waals surface area contributed by atoms with Gasteiger partial charge in [0.15, 0.2) is 0 Å². The van der Waals surface area contributed by atoms with Crippen molar-refractivity contribution in [2.24, 2.45) is 0 Å². The Morgan fingerprint density at radius 2 is 1.67 bits per heavy atom. The largest absolute Gasteiger partial charge is 0.457 e. The van der Waals surface area contributed by atoms with Crippen molar-refractivity contribution in [2.45, 2.75) is 6.92 Å². The highest BCUT2D eigenvalue weighted by Gasteiger charge is 2.13. The first kappa shape index (κ1) is 21.2. The number of amides is 2. The van der Waals surface area contributed by atoms with Crippen LogP contribution in [-0.4, -0.2) is 11.8 Å². The number of nitrogens with zero attached hydrogens (tertiary/aromatic N) is 1. The molecule has 2 aromatic carbocycles. The van der Waals surface area contributed by atoms with E-state index in [1.807, 2.05) is 6.07 Å². The Morgan fingerprint density at radius 1 is 1.00 bits per heavy atom. The Labute approximate surface area is 182 Å². The molecule has 0 unspecified atom stereocenters. The van der Waals surface area contributed by atoms with Crippen molar-refractivity contribution >= 4 is 52.5 Å². The predicted octanol–water partition coefficient (Wildman–Crippen LogP) is 5.76. The number of nitriles is 1. The lowest BCUT2D eigenvalue weighted by molar-refractivity contribution is -0.114. The summed E-state index contributed by atoms with van der Waals surface area (Å²) in [6, 6.07) is 16.7. The minimum Gasteiger partial charge on any atom is -0.457 e. The van der Waals surface area contributed by atoms with Gasteiger partial charge in [-0.05, 0) is 54.6 Å². The van der Waals surface area contributed by atoms with Gasteiger partial charge in [0.2, 0.25) is 5.91 Å². The van der Waals surface area contributed by atoms with Crippen molar-refractivity contribution in [2.75, 3.05) is 10.6 Å². The van der Waals surface area contributed by atoms with E-state index in [4.69, 9.17) is 27.6 Å². The van der Waals surface area contributed by atoms with Crippen LogP contribution < -0.4 is 10.6 Å². The van der Waals surface area contributed by atoms with Crippen molar-refractivity contribution in [3.63, 3.8) is 0 Å². The highest BCUT2D eigenvalue weighted by atomic mass is 35.5. The normalized spacial score (nSPS) is 10.9. The van der Waals surface area contributed by atoms with Crippen molar-refractivity contribution in [1.29, 1.82) is 5.26 Å². The minimum absolute atomic E-state index is 0.140. The molecular weight excluding hydrogens is 425 g/mol. The number of halogens is 2. The summed E-state index contributed by atoms with van der Waals surface area (Å²) in [5, 5.41) is 15.6. The summed E-state index contributed by atoms with van der Waals surface area (Å²) in [7, 11) is 0.